The molecule has 3 nitrogen and oxygen atoms in total. The van der Waals surface area contributed by atoms with Gasteiger partial charge in [0.05, 0.1) is 5.41 Å². The molecular formula is C15H25ClN2OS. The fourth-order valence-electron chi connectivity index (χ4n) is 2.47. The summed E-state index contributed by atoms with van der Waals surface area (Å²) in [5, 5.41) is 8.56. The highest BCUT2D eigenvalue weighted by Gasteiger charge is 2.33. The van der Waals surface area contributed by atoms with E-state index in [0.29, 0.717) is 0 Å². The van der Waals surface area contributed by atoms with Gasteiger partial charge in [-0.15, -0.1) is 23.7 Å². The fraction of sp³-hybridized carbons (Fsp3) is 0.667. The quantitative estimate of drug-likeness (QED) is 0.896. The third-order valence-corrected chi connectivity index (χ3v) is 5.38. The van der Waals surface area contributed by atoms with Crippen molar-refractivity contribution in [2.24, 2.45) is 5.41 Å². The minimum atomic E-state index is -0.433. The molecule has 2 rings (SSSR count). The lowest BCUT2D eigenvalue weighted by molar-refractivity contribution is -0.126. The van der Waals surface area contributed by atoms with Crippen molar-refractivity contribution >= 4 is 29.7 Å². The zero-order chi connectivity index (χ0) is 13.9. The minimum absolute atomic E-state index is 0. The van der Waals surface area contributed by atoms with E-state index in [0.717, 1.165) is 37.4 Å². The van der Waals surface area contributed by atoms with Gasteiger partial charge < -0.3 is 10.6 Å². The van der Waals surface area contributed by atoms with Crippen molar-refractivity contribution in [3.05, 3.63) is 22.4 Å². The van der Waals surface area contributed by atoms with E-state index in [1.54, 1.807) is 11.3 Å². The molecule has 0 aromatic carbocycles. The minimum Gasteiger partial charge on any atom is -0.355 e. The van der Waals surface area contributed by atoms with E-state index in [9.17, 15) is 4.79 Å². The summed E-state index contributed by atoms with van der Waals surface area (Å²) in [5.74, 6) is 0.134. The third kappa shape index (κ3) is 3.96. The standard InChI is InChI=1S/C15H24N2OS.ClH/c1-14(2,12-5-4-10-19-12)13(18)17-11-15(3)6-8-16-9-7-15;/h4-5,10,16H,6-9,11H2,1-3H3,(H,17,18);1H. The van der Waals surface area contributed by atoms with Crippen LogP contribution < -0.4 is 10.6 Å². The Bertz CT molecular complexity index is 425. The van der Waals surface area contributed by atoms with Gasteiger partial charge in [-0.1, -0.05) is 13.0 Å². The summed E-state index contributed by atoms with van der Waals surface area (Å²) in [4.78, 5) is 13.6. The number of carbonyl (C=O) groups excluding carboxylic acids is 1. The van der Waals surface area contributed by atoms with Crippen LogP contribution in [0.4, 0.5) is 0 Å². The number of piperidine rings is 1. The van der Waals surface area contributed by atoms with E-state index in [2.05, 4.69) is 17.6 Å². The average Bonchev–Trinajstić information content (AvgIpc) is 2.91. The molecule has 1 aromatic rings. The molecule has 2 N–H and O–H groups in total. The van der Waals surface area contributed by atoms with Gasteiger partial charge >= 0.3 is 0 Å². The second-order valence-corrected chi connectivity index (χ2v) is 7.29. The first-order valence-corrected chi connectivity index (χ1v) is 7.85. The Morgan fingerprint density at radius 1 is 1.45 bits per heavy atom. The largest absolute Gasteiger partial charge is 0.355 e. The van der Waals surface area contributed by atoms with Crippen molar-refractivity contribution in [2.45, 2.75) is 39.0 Å². The van der Waals surface area contributed by atoms with Gasteiger partial charge in [-0.25, -0.2) is 0 Å². The number of halogens is 1. The number of carbonyl (C=O) groups is 1. The molecule has 1 amide bonds. The molecule has 0 atom stereocenters. The van der Waals surface area contributed by atoms with Crippen molar-refractivity contribution < 1.29 is 4.79 Å². The van der Waals surface area contributed by atoms with Crippen molar-refractivity contribution in [3.63, 3.8) is 0 Å². The molecule has 20 heavy (non-hydrogen) atoms. The lowest BCUT2D eigenvalue weighted by atomic mass is 9.80. The van der Waals surface area contributed by atoms with E-state index < -0.39 is 5.41 Å². The number of nitrogens with one attached hydrogen (secondary N) is 2. The summed E-state index contributed by atoms with van der Waals surface area (Å²) in [7, 11) is 0. The van der Waals surface area contributed by atoms with Crippen LogP contribution >= 0.6 is 23.7 Å². The van der Waals surface area contributed by atoms with Crippen LogP contribution in [0.2, 0.25) is 0 Å². The molecular weight excluding hydrogens is 292 g/mol. The van der Waals surface area contributed by atoms with Crippen LogP contribution in [0.5, 0.6) is 0 Å². The van der Waals surface area contributed by atoms with Crippen molar-refractivity contribution in [3.8, 4) is 0 Å². The van der Waals surface area contributed by atoms with E-state index in [-0.39, 0.29) is 23.7 Å². The van der Waals surface area contributed by atoms with E-state index in [1.165, 1.54) is 0 Å². The van der Waals surface area contributed by atoms with Crippen LogP contribution in [0.1, 0.15) is 38.5 Å². The van der Waals surface area contributed by atoms with Gasteiger partial charge in [0.2, 0.25) is 5.91 Å². The SMILES string of the molecule is CC1(CNC(=O)C(C)(C)c2cccs2)CCNCC1.Cl. The average molecular weight is 317 g/mol. The summed E-state index contributed by atoms with van der Waals surface area (Å²) >= 11 is 1.65. The Kier molecular flexibility index (Phi) is 6.05. The highest BCUT2D eigenvalue weighted by atomic mass is 35.5. The molecule has 0 aliphatic carbocycles. The second kappa shape index (κ2) is 6.92. The normalized spacial score (nSPS) is 18.1. The van der Waals surface area contributed by atoms with Crippen LogP contribution in [-0.4, -0.2) is 25.5 Å². The van der Waals surface area contributed by atoms with Crippen LogP contribution in [0, 0.1) is 5.41 Å². The van der Waals surface area contributed by atoms with Crippen LogP contribution in [0.25, 0.3) is 0 Å². The molecule has 1 fully saturated rings. The lowest BCUT2D eigenvalue weighted by Gasteiger charge is -2.35. The summed E-state index contributed by atoms with van der Waals surface area (Å²) in [6, 6.07) is 4.04. The predicted molar refractivity (Wildman–Crippen MR) is 87.8 cm³/mol. The van der Waals surface area contributed by atoms with Gasteiger partial charge in [0.25, 0.3) is 0 Å². The Labute approximate surface area is 131 Å². The monoisotopic (exact) mass is 316 g/mol. The number of amides is 1. The van der Waals surface area contributed by atoms with Gasteiger partial charge in [-0.3, -0.25) is 4.79 Å². The fourth-order valence-corrected chi connectivity index (χ4v) is 3.32. The molecule has 0 radical (unpaired) electrons. The van der Waals surface area contributed by atoms with Crippen molar-refractivity contribution in [1.82, 2.24) is 10.6 Å². The van der Waals surface area contributed by atoms with E-state index >= 15 is 0 Å². The van der Waals surface area contributed by atoms with Gasteiger partial charge in [-0.05, 0) is 56.6 Å². The maximum atomic E-state index is 12.4. The molecule has 0 unspecified atom stereocenters. The Morgan fingerprint density at radius 2 is 2.10 bits per heavy atom. The highest BCUT2D eigenvalue weighted by molar-refractivity contribution is 7.10. The molecule has 0 saturated carbocycles. The number of hydrogen-bond acceptors (Lipinski definition) is 3. The first kappa shape index (κ1) is 17.5. The molecule has 1 aliphatic rings. The number of rotatable bonds is 4. The summed E-state index contributed by atoms with van der Waals surface area (Å²) < 4.78 is 0. The molecule has 1 aromatic heterocycles. The predicted octanol–water partition coefficient (Wildman–Crippen LogP) is 2.95. The molecule has 1 saturated heterocycles. The smallest absolute Gasteiger partial charge is 0.230 e. The second-order valence-electron chi connectivity index (χ2n) is 6.35. The molecule has 0 spiro atoms. The lowest BCUT2D eigenvalue weighted by Crippen LogP contribution is -2.47. The van der Waals surface area contributed by atoms with E-state index in [4.69, 9.17) is 0 Å². The van der Waals surface area contributed by atoms with Crippen LogP contribution in [0.3, 0.4) is 0 Å². The number of hydrogen-bond donors (Lipinski definition) is 2. The zero-order valence-corrected chi connectivity index (χ0v) is 14.1. The van der Waals surface area contributed by atoms with Gasteiger partial charge in [0.15, 0.2) is 0 Å². The summed E-state index contributed by atoms with van der Waals surface area (Å²) in [6.45, 7) is 9.16. The maximum Gasteiger partial charge on any atom is 0.230 e. The first-order valence-electron chi connectivity index (χ1n) is 6.97. The van der Waals surface area contributed by atoms with E-state index in [1.807, 2.05) is 31.4 Å². The Morgan fingerprint density at radius 3 is 2.65 bits per heavy atom. The Hall–Kier alpha value is -0.580. The van der Waals surface area contributed by atoms with Crippen LogP contribution in [0.15, 0.2) is 17.5 Å². The highest BCUT2D eigenvalue weighted by Crippen LogP contribution is 2.30. The number of thiophene rings is 1. The molecule has 1 aliphatic heterocycles. The van der Waals surface area contributed by atoms with Crippen molar-refractivity contribution in [2.75, 3.05) is 19.6 Å². The third-order valence-electron chi connectivity index (χ3n) is 4.19. The first-order chi connectivity index (χ1) is 8.94. The van der Waals surface area contributed by atoms with Crippen LogP contribution in [-0.2, 0) is 10.2 Å². The Balaban J connectivity index is 0.00000200. The topological polar surface area (TPSA) is 41.1 Å². The molecule has 2 heterocycles. The zero-order valence-electron chi connectivity index (χ0n) is 12.5. The van der Waals surface area contributed by atoms with Crippen molar-refractivity contribution in [1.29, 1.82) is 0 Å². The summed E-state index contributed by atoms with van der Waals surface area (Å²) in [6.07, 6.45) is 2.26. The summed E-state index contributed by atoms with van der Waals surface area (Å²) in [5.41, 5.74) is -0.191. The molecule has 0 bridgehead atoms. The van der Waals surface area contributed by atoms with Gasteiger partial charge in [0.1, 0.15) is 0 Å². The molecule has 5 heteroatoms. The van der Waals surface area contributed by atoms with Gasteiger partial charge in [0, 0.05) is 11.4 Å². The molecule has 114 valence electrons. The maximum absolute atomic E-state index is 12.4. The van der Waals surface area contributed by atoms with Gasteiger partial charge in [-0.2, -0.15) is 0 Å².